The first-order valence-electron chi connectivity index (χ1n) is 6.03. The fourth-order valence-corrected chi connectivity index (χ4v) is 2.03. The van der Waals surface area contributed by atoms with E-state index in [1.165, 1.54) is 18.5 Å². The molecular formula is C13H9ClFN5O. The zero-order valence-corrected chi connectivity index (χ0v) is 11.4. The van der Waals surface area contributed by atoms with Gasteiger partial charge < -0.3 is 4.98 Å². The van der Waals surface area contributed by atoms with Gasteiger partial charge in [0.05, 0.1) is 12.7 Å². The molecule has 0 bridgehead atoms. The Morgan fingerprint density at radius 3 is 2.81 bits per heavy atom. The van der Waals surface area contributed by atoms with Crippen LogP contribution >= 0.6 is 11.6 Å². The molecule has 0 radical (unpaired) electrons. The highest BCUT2D eigenvalue weighted by Crippen LogP contribution is 2.18. The number of aromatic amines is 1. The molecule has 21 heavy (non-hydrogen) atoms. The van der Waals surface area contributed by atoms with Gasteiger partial charge in [0.2, 0.25) is 11.9 Å². The lowest BCUT2D eigenvalue weighted by Crippen LogP contribution is -2.16. The van der Waals surface area contributed by atoms with Crippen molar-refractivity contribution in [2.24, 2.45) is 0 Å². The van der Waals surface area contributed by atoms with Crippen molar-refractivity contribution < 1.29 is 9.18 Å². The van der Waals surface area contributed by atoms with Crippen LogP contribution in [0.2, 0.25) is 5.15 Å². The van der Waals surface area contributed by atoms with Crippen LogP contribution in [0.3, 0.4) is 0 Å². The SMILES string of the molecule is O=C(Cc1ccc(F)cc1)Nc1nc(Cl)c2[nH]cnc2n1. The molecule has 2 aromatic heterocycles. The molecule has 2 heterocycles. The van der Waals surface area contributed by atoms with E-state index in [1.807, 2.05) is 0 Å². The first kappa shape index (κ1) is 13.4. The average Bonchev–Trinajstić information content (AvgIpc) is 2.90. The van der Waals surface area contributed by atoms with Gasteiger partial charge in [-0.05, 0) is 17.7 Å². The maximum Gasteiger partial charge on any atom is 0.233 e. The van der Waals surface area contributed by atoms with E-state index in [0.717, 1.165) is 0 Å². The van der Waals surface area contributed by atoms with E-state index in [2.05, 4.69) is 25.3 Å². The zero-order valence-electron chi connectivity index (χ0n) is 10.6. The number of hydrogen-bond donors (Lipinski definition) is 2. The highest BCUT2D eigenvalue weighted by atomic mass is 35.5. The average molecular weight is 306 g/mol. The van der Waals surface area contributed by atoms with E-state index in [-0.39, 0.29) is 29.2 Å². The van der Waals surface area contributed by atoms with E-state index in [1.54, 1.807) is 12.1 Å². The Labute approximate surface area is 123 Å². The fraction of sp³-hybridized carbons (Fsp3) is 0.0769. The highest BCUT2D eigenvalue weighted by Gasteiger charge is 2.11. The number of anilines is 1. The van der Waals surface area contributed by atoms with Crippen LogP contribution in [-0.4, -0.2) is 25.8 Å². The third-order valence-corrected chi connectivity index (χ3v) is 3.04. The number of benzene rings is 1. The number of carbonyl (C=O) groups excluding carboxylic acids is 1. The van der Waals surface area contributed by atoms with E-state index in [9.17, 15) is 9.18 Å². The number of halogens is 2. The van der Waals surface area contributed by atoms with Gasteiger partial charge >= 0.3 is 0 Å². The van der Waals surface area contributed by atoms with Crippen LogP contribution in [0.5, 0.6) is 0 Å². The highest BCUT2D eigenvalue weighted by molar-refractivity contribution is 6.33. The van der Waals surface area contributed by atoms with Gasteiger partial charge in [-0.3, -0.25) is 10.1 Å². The normalized spacial score (nSPS) is 10.8. The van der Waals surface area contributed by atoms with Gasteiger partial charge in [0.15, 0.2) is 10.8 Å². The summed E-state index contributed by atoms with van der Waals surface area (Å²) in [6.07, 6.45) is 1.52. The molecule has 0 spiro atoms. The number of hydrogen-bond acceptors (Lipinski definition) is 4. The summed E-state index contributed by atoms with van der Waals surface area (Å²) in [5, 5.41) is 2.71. The molecule has 0 aliphatic heterocycles. The molecule has 6 nitrogen and oxygen atoms in total. The molecule has 1 amide bonds. The predicted molar refractivity (Wildman–Crippen MR) is 75.4 cm³/mol. The number of nitrogens with one attached hydrogen (secondary N) is 2. The first-order chi connectivity index (χ1) is 10.1. The zero-order chi connectivity index (χ0) is 14.8. The van der Waals surface area contributed by atoms with E-state index in [4.69, 9.17) is 11.6 Å². The van der Waals surface area contributed by atoms with Gasteiger partial charge in [0.25, 0.3) is 0 Å². The largest absolute Gasteiger partial charge is 0.341 e. The molecule has 0 aliphatic carbocycles. The Morgan fingerprint density at radius 1 is 1.29 bits per heavy atom. The van der Waals surface area contributed by atoms with E-state index < -0.39 is 0 Å². The Bertz CT molecular complexity index is 802. The van der Waals surface area contributed by atoms with Gasteiger partial charge in [-0.25, -0.2) is 9.37 Å². The Kier molecular flexibility index (Phi) is 3.49. The van der Waals surface area contributed by atoms with E-state index in [0.29, 0.717) is 16.7 Å². The van der Waals surface area contributed by atoms with Gasteiger partial charge in [0, 0.05) is 0 Å². The summed E-state index contributed by atoms with van der Waals surface area (Å²) in [6, 6.07) is 5.68. The number of nitrogens with zero attached hydrogens (tertiary/aromatic N) is 3. The molecule has 0 atom stereocenters. The standard InChI is InChI=1S/C13H9ClFN5O/c14-11-10-12(17-6-16-10)20-13(19-11)18-9(21)5-7-1-3-8(15)4-2-7/h1-4,6H,5H2,(H2,16,17,18,19,20,21). The third kappa shape index (κ3) is 2.97. The summed E-state index contributed by atoms with van der Waals surface area (Å²) >= 11 is 5.95. The maximum absolute atomic E-state index is 12.8. The number of carbonyl (C=O) groups is 1. The lowest BCUT2D eigenvalue weighted by molar-refractivity contribution is -0.115. The van der Waals surface area contributed by atoms with Crippen molar-refractivity contribution in [2.75, 3.05) is 5.32 Å². The van der Waals surface area contributed by atoms with Gasteiger partial charge in [-0.15, -0.1) is 0 Å². The van der Waals surface area contributed by atoms with Gasteiger partial charge in [-0.1, -0.05) is 23.7 Å². The summed E-state index contributed by atoms with van der Waals surface area (Å²) < 4.78 is 12.8. The maximum atomic E-state index is 12.8. The number of amides is 1. The van der Waals surface area contributed by atoms with Crippen LogP contribution in [0, 0.1) is 5.82 Å². The molecule has 3 aromatic rings. The van der Waals surface area contributed by atoms with Crippen molar-refractivity contribution >= 4 is 34.6 Å². The van der Waals surface area contributed by atoms with Crippen molar-refractivity contribution in [3.8, 4) is 0 Å². The molecule has 8 heteroatoms. The fourth-order valence-electron chi connectivity index (χ4n) is 1.81. The van der Waals surface area contributed by atoms with Crippen LogP contribution in [0.25, 0.3) is 11.2 Å². The Morgan fingerprint density at radius 2 is 2.05 bits per heavy atom. The monoisotopic (exact) mass is 305 g/mol. The number of fused-ring (bicyclic) bond motifs is 1. The molecule has 106 valence electrons. The predicted octanol–water partition coefficient (Wildman–Crippen LogP) is 2.33. The number of aromatic nitrogens is 4. The summed E-state index contributed by atoms with van der Waals surface area (Å²) in [5.74, 6) is -0.600. The summed E-state index contributed by atoms with van der Waals surface area (Å²) in [7, 11) is 0. The Balaban J connectivity index is 1.75. The molecule has 0 saturated carbocycles. The quantitative estimate of drug-likeness (QED) is 0.727. The molecular weight excluding hydrogens is 297 g/mol. The lowest BCUT2D eigenvalue weighted by atomic mass is 10.1. The van der Waals surface area contributed by atoms with Crippen LogP contribution in [0.1, 0.15) is 5.56 Å². The van der Waals surface area contributed by atoms with Crippen molar-refractivity contribution in [1.29, 1.82) is 0 Å². The molecule has 2 N–H and O–H groups in total. The first-order valence-corrected chi connectivity index (χ1v) is 6.40. The molecule has 0 aliphatic rings. The molecule has 0 fully saturated rings. The van der Waals surface area contributed by atoms with Crippen molar-refractivity contribution in [1.82, 2.24) is 19.9 Å². The van der Waals surface area contributed by atoms with Gasteiger partial charge in [-0.2, -0.15) is 9.97 Å². The molecule has 1 aromatic carbocycles. The minimum Gasteiger partial charge on any atom is -0.341 e. The van der Waals surface area contributed by atoms with Crippen LogP contribution in [0.4, 0.5) is 10.3 Å². The lowest BCUT2D eigenvalue weighted by Gasteiger charge is -2.04. The van der Waals surface area contributed by atoms with Crippen LogP contribution < -0.4 is 5.32 Å². The minimum atomic E-state index is -0.349. The second kappa shape index (κ2) is 5.45. The van der Waals surface area contributed by atoms with Gasteiger partial charge in [0.1, 0.15) is 11.3 Å². The smallest absolute Gasteiger partial charge is 0.233 e. The van der Waals surface area contributed by atoms with Crippen LogP contribution in [0.15, 0.2) is 30.6 Å². The molecule has 3 rings (SSSR count). The number of imidazole rings is 1. The Hall–Kier alpha value is -2.54. The second-order valence-electron chi connectivity index (χ2n) is 4.29. The second-order valence-corrected chi connectivity index (χ2v) is 4.65. The summed E-state index contributed by atoms with van der Waals surface area (Å²) in [4.78, 5) is 26.7. The van der Waals surface area contributed by atoms with Crippen molar-refractivity contribution in [2.45, 2.75) is 6.42 Å². The van der Waals surface area contributed by atoms with E-state index >= 15 is 0 Å². The minimum absolute atomic E-state index is 0.0757. The van der Waals surface area contributed by atoms with Crippen molar-refractivity contribution in [3.63, 3.8) is 0 Å². The summed E-state index contributed by atoms with van der Waals surface area (Å²) in [5.41, 5.74) is 1.56. The van der Waals surface area contributed by atoms with Crippen LogP contribution in [-0.2, 0) is 11.2 Å². The molecule has 0 unspecified atom stereocenters. The topological polar surface area (TPSA) is 83.6 Å². The summed E-state index contributed by atoms with van der Waals surface area (Å²) in [6.45, 7) is 0. The third-order valence-electron chi connectivity index (χ3n) is 2.77. The molecule has 0 saturated heterocycles. The number of H-pyrrole nitrogens is 1. The van der Waals surface area contributed by atoms with Crippen molar-refractivity contribution in [3.05, 3.63) is 47.1 Å². The number of rotatable bonds is 3.